The van der Waals surface area contributed by atoms with Crippen molar-refractivity contribution in [1.82, 2.24) is 0 Å². The molecule has 0 saturated carbocycles. The lowest BCUT2D eigenvalue weighted by molar-refractivity contribution is -0.0975. The van der Waals surface area contributed by atoms with Crippen molar-refractivity contribution in [3.05, 3.63) is 24.8 Å². The Hall–Kier alpha value is -2.02. The lowest BCUT2D eigenvalue weighted by Gasteiger charge is -2.30. The fourth-order valence-electron chi connectivity index (χ4n) is 1.83. The van der Waals surface area contributed by atoms with E-state index in [1.807, 2.05) is 0 Å². The van der Waals surface area contributed by atoms with Gasteiger partial charge in [-0.05, 0) is 26.3 Å². The maximum Gasteiger partial charge on any atom is 0.508 e. The summed E-state index contributed by atoms with van der Waals surface area (Å²) in [5.41, 5.74) is 0. The fourth-order valence-corrected chi connectivity index (χ4v) is 1.83. The monoisotopic (exact) mass is 314 g/mol. The van der Waals surface area contributed by atoms with Crippen molar-refractivity contribution in [3.63, 3.8) is 0 Å². The first-order valence-electron chi connectivity index (χ1n) is 7.18. The smallest absolute Gasteiger partial charge is 0.435 e. The van der Waals surface area contributed by atoms with Gasteiger partial charge in [0.15, 0.2) is 6.10 Å². The predicted octanol–water partition coefficient (Wildman–Crippen LogP) is 2.60. The maximum atomic E-state index is 11.4. The minimum absolute atomic E-state index is 0.0963. The standard InChI is InChI=1S/C15H22O7/c1-4-7-11-8-9-12(22-15(17)19-6-3)13(21-11)10-20-14(16)18-5-2/h4,8-9,11-13H,1,5-7,10H2,2-3H3/t11-,12+,13-/m1/s1. The van der Waals surface area contributed by atoms with Crippen LogP contribution in [0.15, 0.2) is 24.8 Å². The molecule has 7 nitrogen and oxygen atoms in total. The number of hydrogen-bond acceptors (Lipinski definition) is 7. The molecule has 1 heterocycles. The molecular formula is C15H22O7. The van der Waals surface area contributed by atoms with Gasteiger partial charge in [-0.15, -0.1) is 6.58 Å². The summed E-state index contributed by atoms with van der Waals surface area (Å²) in [6, 6.07) is 0. The van der Waals surface area contributed by atoms with Gasteiger partial charge in [0.2, 0.25) is 0 Å². The van der Waals surface area contributed by atoms with E-state index in [1.165, 1.54) is 0 Å². The summed E-state index contributed by atoms with van der Waals surface area (Å²) in [6.07, 6.45) is 2.62. The summed E-state index contributed by atoms with van der Waals surface area (Å²) >= 11 is 0. The van der Waals surface area contributed by atoms with Crippen LogP contribution in [-0.4, -0.2) is 50.4 Å². The van der Waals surface area contributed by atoms with E-state index >= 15 is 0 Å². The highest BCUT2D eigenvalue weighted by Gasteiger charge is 2.31. The zero-order chi connectivity index (χ0) is 16.4. The van der Waals surface area contributed by atoms with Gasteiger partial charge in [0.1, 0.15) is 12.7 Å². The van der Waals surface area contributed by atoms with E-state index in [0.717, 1.165) is 0 Å². The maximum absolute atomic E-state index is 11.4. The first-order valence-corrected chi connectivity index (χ1v) is 7.18. The van der Waals surface area contributed by atoms with E-state index in [1.54, 1.807) is 32.1 Å². The van der Waals surface area contributed by atoms with E-state index in [4.69, 9.17) is 18.9 Å². The van der Waals surface area contributed by atoms with Gasteiger partial charge in [-0.2, -0.15) is 0 Å². The number of ether oxygens (including phenoxy) is 5. The molecule has 22 heavy (non-hydrogen) atoms. The van der Waals surface area contributed by atoms with Gasteiger partial charge in [0.05, 0.1) is 19.3 Å². The van der Waals surface area contributed by atoms with Crippen LogP contribution in [0.3, 0.4) is 0 Å². The first-order chi connectivity index (χ1) is 10.6. The third kappa shape index (κ3) is 6.17. The molecule has 0 aromatic rings. The predicted molar refractivity (Wildman–Crippen MR) is 77.5 cm³/mol. The molecule has 0 aliphatic carbocycles. The van der Waals surface area contributed by atoms with Crippen LogP contribution in [0.5, 0.6) is 0 Å². The SMILES string of the molecule is C=CC[C@@H]1C=C[C@H](OC(=O)OCC)[C@@H](COC(=O)OCC)O1. The van der Waals surface area contributed by atoms with Gasteiger partial charge in [0.25, 0.3) is 0 Å². The van der Waals surface area contributed by atoms with Crippen molar-refractivity contribution in [1.29, 1.82) is 0 Å². The molecular weight excluding hydrogens is 292 g/mol. The lowest BCUT2D eigenvalue weighted by atomic mass is 10.1. The molecule has 0 radical (unpaired) electrons. The summed E-state index contributed by atoms with van der Waals surface area (Å²) in [5.74, 6) is 0. The van der Waals surface area contributed by atoms with Gasteiger partial charge in [-0.25, -0.2) is 9.59 Å². The number of carbonyl (C=O) groups excluding carboxylic acids is 2. The molecule has 0 bridgehead atoms. The zero-order valence-electron chi connectivity index (χ0n) is 12.9. The Morgan fingerprint density at radius 3 is 2.45 bits per heavy atom. The van der Waals surface area contributed by atoms with Crippen LogP contribution in [0.25, 0.3) is 0 Å². The van der Waals surface area contributed by atoms with Crippen molar-refractivity contribution in [2.75, 3.05) is 19.8 Å². The van der Waals surface area contributed by atoms with Crippen molar-refractivity contribution >= 4 is 12.3 Å². The molecule has 124 valence electrons. The Kier molecular flexibility index (Phi) is 8.06. The molecule has 7 heteroatoms. The Bertz CT molecular complexity index is 405. The number of carbonyl (C=O) groups is 2. The van der Waals surface area contributed by atoms with Crippen molar-refractivity contribution < 1.29 is 33.3 Å². The van der Waals surface area contributed by atoms with Crippen LogP contribution in [0.2, 0.25) is 0 Å². The van der Waals surface area contributed by atoms with E-state index in [0.29, 0.717) is 6.42 Å². The summed E-state index contributed by atoms with van der Waals surface area (Å²) in [6.45, 7) is 7.32. The van der Waals surface area contributed by atoms with E-state index in [2.05, 4.69) is 11.3 Å². The first kappa shape index (κ1) is 18.0. The highest BCUT2D eigenvalue weighted by Crippen LogP contribution is 2.19. The third-order valence-corrected chi connectivity index (χ3v) is 2.75. The molecule has 0 amide bonds. The van der Waals surface area contributed by atoms with E-state index in [9.17, 15) is 9.59 Å². The second-order valence-electron chi connectivity index (χ2n) is 4.38. The minimum atomic E-state index is -0.802. The molecule has 1 aliphatic heterocycles. The average Bonchev–Trinajstić information content (AvgIpc) is 2.48. The van der Waals surface area contributed by atoms with Crippen LogP contribution >= 0.6 is 0 Å². The second-order valence-corrected chi connectivity index (χ2v) is 4.38. The van der Waals surface area contributed by atoms with E-state index < -0.39 is 24.5 Å². The number of rotatable bonds is 7. The minimum Gasteiger partial charge on any atom is -0.435 e. The molecule has 0 N–H and O–H groups in total. The molecule has 0 aromatic heterocycles. The quantitative estimate of drug-likeness (QED) is 0.528. The summed E-state index contributed by atoms with van der Waals surface area (Å²) in [5, 5.41) is 0. The molecule has 0 fully saturated rings. The van der Waals surface area contributed by atoms with Gasteiger partial charge >= 0.3 is 12.3 Å². The summed E-state index contributed by atoms with van der Waals surface area (Å²) < 4.78 is 25.2. The Morgan fingerprint density at radius 2 is 1.82 bits per heavy atom. The lowest BCUT2D eigenvalue weighted by Crippen LogP contribution is -2.41. The van der Waals surface area contributed by atoms with Gasteiger partial charge in [0, 0.05) is 0 Å². The van der Waals surface area contributed by atoms with Crippen molar-refractivity contribution in [3.8, 4) is 0 Å². The van der Waals surface area contributed by atoms with Crippen LogP contribution < -0.4 is 0 Å². The van der Waals surface area contributed by atoms with E-state index in [-0.39, 0.29) is 25.9 Å². The fraction of sp³-hybridized carbons (Fsp3) is 0.600. The normalized spacial score (nSPS) is 23.5. The largest absolute Gasteiger partial charge is 0.508 e. The highest BCUT2D eigenvalue weighted by atomic mass is 16.7. The number of hydrogen-bond donors (Lipinski definition) is 0. The Balaban J connectivity index is 2.63. The highest BCUT2D eigenvalue weighted by molar-refractivity contribution is 5.61. The molecule has 1 aliphatic rings. The van der Waals surface area contributed by atoms with Crippen LogP contribution in [-0.2, 0) is 23.7 Å². The molecule has 0 saturated heterocycles. The molecule has 3 atom stereocenters. The van der Waals surface area contributed by atoms with Gasteiger partial charge in [-0.3, -0.25) is 0 Å². The zero-order valence-corrected chi connectivity index (χ0v) is 12.9. The van der Waals surface area contributed by atoms with Crippen LogP contribution in [0.1, 0.15) is 20.3 Å². The van der Waals surface area contributed by atoms with Crippen LogP contribution in [0.4, 0.5) is 9.59 Å². The van der Waals surface area contributed by atoms with Crippen LogP contribution in [0, 0.1) is 0 Å². The summed E-state index contributed by atoms with van der Waals surface area (Å²) in [7, 11) is 0. The van der Waals surface area contributed by atoms with Gasteiger partial charge < -0.3 is 23.7 Å². The average molecular weight is 314 g/mol. The summed E-state index contributed by atoms with van der Waals surface area (Å²) in [4.78, 5) is 22.7. The second kappa shape index (κ2) is 9.83. The van der Waals surface area contributed by atoms with Crippen molar-refractivity contribution in [2.45, 2.75) is 38.6 Å². The van der Waals surface area contributed by atoms with Gasteiger partial charge in [-0.1, -0.05) is 12.2 Å². The molecule has 1 rings (SSSR count). The van der Waals surface area contributed by atoms with Crippen molar-refractivity contribution in [2.24, 2.45) is 0 Å². The topological polar surface area (TPSA) is 80.3 Å². The molecule has 0 aromatic carbocycles. The molecule has 0 spiro atoms. The Labute approximate surface area is 129 Å². The Morgan fingerprint density at radius 1 is 1.14 bits per heavy atom. The molecule has 0 unspecified atom stereocenters. The third-order valence-electron chi connectivity index (χ3n) is 2.75.